The van der Waals surface area contributed by atoms with Gasteiger partial charge in [0, 0.05) is 12.0 Å². The Bertz CT molecular complexity index is 1150. The molecule has 0 aliphatic rings. The van der Waals surface area contributed by atoms with Crippen molar-refractivity contribution < 1.29 is 14.6 Å². The quantitative estimate of drug-likeness (QED) is 0.368. The van der Waals surface area contributed by atoms with Gasteiger partial charge in [-0.3, -0.25) is 4.79 Å². The van der Waals surface area contributed by atoms with Crippen molar-refractivity contribution in [3.05, 3.63) is 95.0 Å². The van der Waals surface area contributed by atoms with Crippen LogP contribution in [0.1, 0.15) is 29.0 Å². The molecule has 0 saturated carbocycles. The van der Waals surface area contributed by atoms with E-state index in [2.05, 4.69) is 0 Å². The van der Waals surface area contributed by atoms with E-state index in [1.54, 1.807) is 11.3 Å². The molecule has 0 unspecified atom stereocenters. The first-order valence-electron chi connectivity index (χ1n) is 9.73. The fourth-order valence-corrected chi connectivity index (χ4v) is 4.16. The van der Waals surface area contributed by atoms with Gasteiger partial charge in [0.1, 0.15) is 17.4 Å². The number of rotatable bonds is 8. The number of para-hydroxylation sites is 2. The summed E-state index contributed by atoms with van der Waals surface area (Å²) >= 11 is 1.58. The lowest BCUT2D eigenvalue weighted by Crippen LogP contribution is -1.98. The van der Waals surface area contributed by atoms with Gasteiger partial charge in [-0.2, -0.15) is 0 Å². The van der Waals surface area contributed by atoms with Crippen molar-refractivity contribution in [2.75, 3.05) is 0 Å². The Kier molecular flexibility index (Phi) is 6.20. The van der Waals surface area contributed by atoms with Crippen LogP contribution in [0.15, 0.2) is 78.9 Å². The highest BCUT2D eigenvalue weighted by Gasteiger charge is 2.12. The maximum absolute atomic E-state index is 11.2. The number of carboxylic acids is 1. The van der Waals surface area contributed by atoms with Gasteiger partial charge < -0.3 is 9.84 Å². The molecule has 0 radical (unpaired) electrons. The summed E-state index contributed by atoms with van der Waals surface area (Å²) in [4.78, 5) is 15.9. The lowest BCUT2D eigenvalue weighted by atomic mass is 10.1. The molecule has 0 aliphatic heterocycles. The third-order valence-corrected chi connectivity index (χ3v) is 5.77. The Labute approximate surface area is 179 Å². The summed E-state index contributed by atoms with van der Waals surface area (Å²) in [5, 5.41) is 10.1. The molecule has 4 rings (SSSR count). The third-order valence-electron chi connectivity index (χ3n) is 4.66. The smallest absolute Gasteiger partial charge is 0.303 e. The van der Waals surface area contributed by atoms with Gasteiger partial charge in [-0.15, -0.1) is 11.3 Å². The maximum atomic E-state index is 11.2. The third kappa shape index (κ3) is 4.93. The lowest BCUT2D eigenvalue weighted by Gasteiger charge is -2.11. The fraction of sp³-hybridized carbons (Fsp3) is 0.120. The van der Waals surface area contributed by atoms with Crippen molar-refractivity contribution in [2.45, 2.75) is 19.4 Å². The van der Waals surface area contributed by atoms with Crippen LogP contribution in [0.2, 0.25) is 0 Å². The minimum absolute atomic E-state index is 0.0504. The number of benzene rings is 3. The van der Waals surface area contributed by atoms with Gasteiger partial charge in [0.2, 0.25) is 0 Å². The average Bonchev–Trinajstić information content (AvgIpc) is 3.20. The van der Waals surface area contributed by atoms with Gasteiger partial charge in [0.05, 0.1) is 10.2 Å². The van der Waals surface area contributed by atoms with Crippen molar-refractivity contribution in [2.24, 2.45) is 0 Å². The molecule has 3 aromatic carbocycles. The molecule has 4 aromatic rings. The van der Waals surface area contributed by atoms with Crippen LogP contribution in [0.3, 0.4) is 0 Å². The van der Waals surface area contributed by atoms with Crippen molar-refractivity contribution in [3.8, 4) is 5.75 Å². The summed E-state index contributed by atoms with van der Waals surface area (Å²) in [5.41, 5.74) is 3.82. The molecule has 5 heteroatoms. The molecule has 0 bridgehead atoms. The molecule has 0 aliphatic carbocycles. The number of aliphatic carboxylic acids is 1. The Morgan fingerprint density at radius 1 is 0.933 bits per heavy atom. The van der Waals surface area contributed by atoms with Gasteiger partial charge >= 0.3 is 5.97 Å². The van der Waals surface area contributed by atoms with Crippen molar-refractivity contribution >= 4 is 39.2 Å². The molecular formula is C25H21NO3S. The van der Waals surface area contributed by atoms with Crippen LogP contribution in [-0.2, 0) is 11.4 Å². The highest BCUT2D eigenvalue weighted by atomic mass is 32.1. The number of thiazole rings is 1. The first-order chi connectivity index (χ1) is 14.7. The molecule has 4 nitrogen and oxygen atoms in total. The summed E-state index contributed by atoms with van der Waals surface area (Å²) in [6.07, 6.45) is 2.46. The molecule has 0 spiro atoms. The molecule has 150 valence electrons. The first-order valence-corrected chi connectivity index (χ1v) is 10.5. The van der Waals surface area contributed by atoms with Crippen LogP contribution >= 0.6 is 11.3 Å². The largest absolute Gasteiger partial charge is 0.488 e. The maximum Gasteiger partial charge on any atom is 0.303 e. The van der Waals surface area contributed by atoms with Crippen molar-refractivity contribution in [3.63, 3.8) is 0 Å². The fourth-order valence-electron chi connectivity index (χ4n) is 3.15. The molecule has 0 fully saturated rings. The van der Waals surface area contributed by atoms with Gasteiger partial charge in [-0.25, -0.2) is 4.98 Å². The normalized spacial score (nSPS) is 11.5. The minimum atomic E-state index is -0.823. The molecule has 1 heterocycles. The van der Waals surface area contributed by atoms with E-state index >= 15 is 0 Å². The number of nitrogens with zero attached hydrogens (tertiary/aromatic N) is 1. The average molecular weight is 416 g/mol. The number of carbonyl (C=O) groups is 1. The Morgan fingerprint density at radius 2 is 1.67 bits per heavy atom. The van der Waals surface area contributed by atoms with E-state index in [0.29, 0.717) is 13.0 Å². The highest BCUT2D eigenvalue weighted by Crippen LogP contribution is 2.33. The Balaban J connectivity index is 1.66. The number of ether oxygens (including phenoxy) is 1. The van der Waals surface area contributed by atoms with E-state index in [1.807, 2.05) is 84.9 Å². The van der Waals surface area contributed by atoms with Crippen molar-refractivity contribution in [1.29, 1.82) is 0 Å². The zero-order chi connectivity index (χ0) is 20.8. The molecule has 1 aromatic heterocycles. The van der Waals surface area contributed by atoms with Crippen LogP contribution < -0.4 is 4.74 Å². The van der Waals surface area contributed by atoms with E-state index in [4.69, 9.17) is 9.72 Å². The lowest BCUT2D eigenvalue weighted by molar-refractivity contribution is -0.136. The summed E-state index contributed by atoms with van der Waals surface area (Å²) in [6.45, 7) is 0.470. The van der Waals surface area contributed by atoms with E-state index in [-0.39, 0.29) is 6.42 Å². The monoisotopic (exact) mass is 415 g/mol. The van der Waals surface area contributed by atoms with Gasteiger partial charge in [-0.1, -0.05) is 60.7 Å². The number of fused-ring (bicyclic) bond motifs is 1. The van der Waals surface area contributed by atoms with Gasteiger partial charge in [0.25, 0.3) is 0 Å². The number of allylic oxidation sites excluding steroid dienone is 1. The summed E-state index contributed by atoms with van der Waals surface area (Å²) in [7, 11) is 0. The van der Waals surface area contributed by atoms with Crippen LogP contribution in [0.5, 0.6) is 5.75 Å². The predicted molar refractivity (Wildman–Crippen MR) is 122 cm³/mol. The molecule has 1 N–H and O–H groups in total. The Morgan fingerprint density at radius 3 is 2.47 bits per heavy atom. The highest BCUT2D eigenvalue weighted by molar-refractivity contribution is 7.19. The van der Waals surface area contributed by atoms with E-state index in [0.717, 1.165) is 37.7 Å². The second kappa shape index (κ2) is 9.37. The van der Waals surface area contributed by atoms with Crippen LogP contribution in [0, 0.1) is 0 Å². The molecule has 0 saturated heterocycles. The number of hydrogen-bond acceptors (Lipinski definition) is 4. The number of aromatic nitrogens is 1. The van der Waals surface area contributed by atoms with E-state index in [9.17, 15) is 9.90 Å². The molecular weight excluding hydrogens is 394 g/mol. The SMILES string of the molecule is O=C(O)CC/C(=C\c1ccccc1OCc1ccccc1)c1nc2ccccc2s1. The van der Waals surface area contributed by atoms with Gasteiger partial charge in [-0.05, 0) is 41.8 Å². The van der Waals surface area contributed by atoms with Crippen molar-refractivity contribution in [1.82, 2.24) is 4.98 Å². The summed E-state index contributed by atoms with van der Waals surface area (Å²) in [5.74, 6) is -0.0640. The number of carboxylic acid groups (broad SMARTS) is 1. The van der Waals surface area contributed by atoms with Crippen LogP contribution in [0.25, 0.3) is 21.9 Å². The summed E-state index contributed by atoms with van der Waals surface area (Å²) < 4.78 is 7.15. The minimum Gasteiger partial charge on any atom is -0.488 e. The zero-order valence-electron chi connectivity index (χ0n) is 16.3. The summed E-state index contributed by atoms with van der Waals surface area (Å²) in [6, 6.07) is 25.8. The molecule has 30 heavy (non-hydrogen) atoms. The second-order valence-corrected chi connectivity index (χ2v) is 7.89. The standard InChI is InChI=1S/C25H21NO3S/c27-24(28)15-14-20(25-26-21-11-5-7-13-23(21)30-25)16-19-10-4-6-12-22(19)29-17-18-8-2-1-3-9-18/h1-13,16H,14-15,17H2,(H,27,28)/b20-16+. The second-order valence-electron chi connectivity index (χ2n) is 6.86. The van der Waals surface area contributed by atoms with Crippen LogP contribution in [-0.4, -0.2) is 16.1 Å². The topological polar surface area (TPSA) is 59.4 Å². The van der Waals surface area contributed by atoms with E-state index < -0.39 is 5.97 Å². The molecule has 0 atom stereocenters. The predicted octanol–water partition coefficient (Wildman–Crippen LogP) is 6.28. The van der Waals surface area contributed by atoms with E-state index in [1.165, 1.54) is 0 Å². The number of hydrogen-bond donors (Lipinski definition) is 1. The molecule has 0 amide bonds. The van der Waals surface area contributed by atoms with Crippen LogP contribution in [0.4, 0.5) is 0 Å². The first kappa shape index (κ1) is 19.9. The zero-order valence-corrected chi connectivity index (χ0v) is 17.1. The Hall–Kier alpha value is -3.44. The van der Waals surface area contributed by atoms with Gasteiger partial charge in [0.15, 0.2) is 0 Å².